The lowest BCUT2D eigenvalue weighted by Gasteiger charge is -2.34. The van der Waals surface area contributed by atoms with Gasteiger partial charge in [0.05, 0.1) is 7.05 Å². The summed E-state index contributed by atoms with van der Waals surface area (Å²) in [5.41, 5.74) is 5.13. The Kier molecular flexibility index (Phi) is 3.66. The highest BCUT2D eigenvalue weighted by Crippen LogP contribution is 2.39. The normalized spacial score (nSPS) is 18.8. The Morgan fingerprint density at radius 2 is 1.30 bits per heavy atom. The highest BCUT2D eigenvalue weighted by atomic mass is 15.4. The summed E-state index contributed by atoms with van der Waals surface area (Å²) in [6, 6.07) is 34.7. The summed E-state index contributed by atoms with van der Waals surface area (Å²) in [5, 5.41) is 2.57. The summed E-state index contributed by atoms with van der Waals surface area (Å²) in [4.78, 5) is 0. The number of para-hydroxylation sites is 2. The maximum absolute atomic E-state index is 2.37. The molecule has 5 rings (SSSR count). The number of hydrogen-bond acceptors (Lipinski definition) is 0. The largest absolute Gasteiger partial charge is 0.285 e. The molecule has 2 nitrogen and oxygen atoms in total. The van der Waals surface area contributed by atoms with Crippen molar-refractivity contribution < 1.29 is 4.58 Å². The number of fused-ring (bicyclic) bond motifs is 2. The Hall–Kier alpha value is -3.23. The molecule has 0 aliphatic carbocycles. The molecule has 0 amide bonds. The Bertz CT molecular complexity index is 1150. The van der Waals surface area contributed by atoms with Crippen LogP contribution in [0.5, 0.6) is 0 Å². The van der Waals surface area contributed by atoms with Crippen molar-refractivity contribution in [3.63, 3.8) is 0 Å². The first kappa shape index (κ1) is 16.0. The van der Waals surface area contributed by atoms with Crippen LogP contribution in [0.3, 0.4) is 0 Å². The van der Waals surface area contributed by atoms with Gasteiger partial charge in [0, 0.05) is 18.2 Å². The molecular formula is C25H22N2+2. The van der Waals surface area contributed by atoms with Crippen LogP contribution in [-0.2, 0) is 0 Å². The third-order valence-electron chi connectivity index (χ3n) is 5.57. The number of rotatable bonds is 2. The van der Waals surface area contributed by atoms with Gasteiger partial charge in [-0.25, -0.2) is 4.48 Å². The van der Waals surface area contributed by atoms with Gasteiger partial charge in [0.15, 0.2) is 11.9 Å². The maximum atomic E-state index is 2.37. The molecule has 0 N–H and O–H groups in total. The molecule has 1 unspecified atom stereocenters. The van der Waals surface area contributed by atoms with E-state index in [0.29, 0.717) is 0 Å². The summed E-state index contributed by atoms with van der Waals surface area (Å²) >= 11 is 0. The molecular weight excluding hydrogens is 328 g/mol. The van der Waals surface area contributed by atoms with Crippen molar-refractivity contribution in [1.82, 2.24) is 4.48 Å². The van der Waals surface area contributed by atoms with E-state index in [1.54, 1.807) is 0 Å². The quantitative estimate of drug-likeness (QED) is 0.315. The minimum absolute atomic E-state index is 0.742. The Balaban J connectivity index is 1.79. The molecule has 1 atom stereocenters. The first-order valence-electron chi connectivity index (χ1n) is 9.35. The van der Waals surface area contributed by atoms with Crippen LogP contribution in [0.15, 0.2) is 97.1 Å². The standard InChI is InChI=1S/C25H22N2/c1-27(24-14-6-3-7-15-24)19-26(23-12-4-2-5-13-23)18-22-16-20-10-8-9-11-21(20)17-25(22)27/h2-18H,19H2,1H3/q+2. The minimum atomic E-state index is 0.742. The monoisotopic (exact) mass is 350 g/mol. The highest BCUT2D eigenvalue weighted by Gasteiger charge is 2.39. The first-order chi connectivity index (χ1) is 13.2. The van der Waals surface area contributed by atoms with Crippen LogP contribution in [-0.4, -0.2) is 24.5 Å². The fourth-order valence-electron chi connectivity index (χ4n) is 4.12. The molecule has 0 saturated heterocycles. The number of benzene rings is 4. The van der Waals surface area contributed by atoms with Crippen molar-refractivity contribution in [3.8, 4) is 0 Å². The molecule has 0 aromatic heterocycles. The van der Waals surface area contributed by atoms with Gasteiger partial charge in [-0.05, 0) is 29.0 Å². The molecule has 1 heterocycles. The van der Waals surface area contributed by atoms with E-state index in [-0.39, 0.29) is 0 Å². The average Bonchev–Trinajstić information content (AvgIpc) is 2.74. The van der Waals surface area contributed by atoms with E-state index >= 15 is 0 Å². The van der Waals surface area contributed by atoms with E-state index in [4.69, 9.17) is 0 Å². The molecule has 0 spiro atoms. The van der Waals surface area contributed by atoms with Crippen molar-refractivity contribution in [2.75, 3.05) is 13.7 Å². The van der Waals surface area contributed by atoms with Crippen LogP contribution < -0.4 is 4.48 Å². The van der Waals surface area contributed by atoms with E-state index < -0.39 is 0 Å². The van der Waals surface area contributed by atoms with E-state index in [1.165, 1.54) is 33.4 Å². The lowest BCUT2D eigenvalue weighted by Crippen LogP contribution is -2.48. The van der Waals surface area contributed by atoms with E-state index in [1.807, 2.05) is 0 Å². The molecule has 0 saturated carbocycles. The second-order valence-corrected chi connectivity index (χ2v) is 7.36. The van der Waals surface area contributed by atoms with Crippen LogP contribution in [0.25, 0.3) is 10.8 Å². The van der Waals surface area contributed by atoms with Crippen molar-refractivity contribution >= 4 is 34.0 Å². The van der Waals surface area contributed by atoms with E-state index in [2.05, 4.69) is 115 Å². The second kappa shape index (κ2) is 6.19. The third-order valence-corrected chi connectivity index (χ3v) is 5.57. The summed E-state index contributed by atoms with van der Waals surface area (Å²) in [6.45, 7) is 0.860. The third kappa shape index (κ3) is 2.66. The number of nitrogens with zero attached hydrogens (tertiary/aromatic N) is 2. The fraction of sp³-hybridized carbons (Fsp3) is 0.0800. The summed E-state index contributed by atoms with van der Waals surface area (Å²) in [7, 11) is 2.31. The zero-order valence-electron chi connectivity index (χ0n) is 15.4. The van der Waals surface area contributed by atoms with Crippen LogP contribution in [0.1, 0.15) is 5.56 Å². The van der Waals surface area contributed by atoms with Gasteiger partial charge in [0.2, 0.25) is 5.69 Å². The molecule has 0 radical (unpaired) electrons. The van der Waals surface area contributed by atoms with Crippen LogP contribution in [0.4, 0.5) is 17.1 Å². The van der Waals surface area contributed by atoms with Gasteiger partial charge in [-0.3, -0.25) is 0 Å². The summed E-state index contributed by atoms with van der Waals surface area (Å²) in [5.74, 6) is 0. The van der Waals surface area contributed by atoms with Crippen molar-refractivity contribution in [3.05, 3.63) is 103 Å². The van der Waals surface area contributed by atoms with Crippen LogP contribution in [0.2, 0.25) is 0 Å². The summed E-state index contributed by atoms with van der Waals surface area (Å²) < 4.78 is 3.11. The minimum Gasteiger partial charge on any atom is -0.206 e. The predicted octanol–water partition coefficient (Wildman–Crippen LogP) is 5.84. The van der Waals surface area contributed by atoms with Gasteiger partial charge >= 0.3 is 0 Å². The van der Waals surface area contributed by atoms with Crippen LogP contribution in [0, 0.1) is 0 Å². The highest BCUT2D eigenvalue weighted by molar-refractivity contribution is 5.97. The smallest absolute Gasteiger partial charge is 0.206 e. The molecule has 130 valence electrons. The SMILES string of the molecule is C[N+]1(c2ccccc2)C[N+](c2ccccc2)=Cc2cc3ccccc3cc21. The lowest BCUT2D eigenvalue weighted by molar-refractivity contribution is -0.456. The maximum Gasteiger partial charge on any atom is 0.285 e. The second-order valence-electron chi connectivity index (χ2n) is 7.36. The van der Waals surface area contributed by atoms with Gasteiger partial charge in [-0.1, -0.05) is 60.7 Å². The molecule has 0 fully saturated rings. The van der Waals surface area contributed by atoms with Crippen molar-refractivity contribution in [2.24, 2.45) is 0 Å². The Labute approximate surface area is 159 Å². The summed E-state index contributed by atoms with van der Waals surface area (Å²) in [6.07, 6.45) is 2.29. The topological polar surface area (TPSA) is 3.01 Å². The number of quaternary nitrogens is 1. The van der Waals surface area contributed by atoms with Crippen molar-refractivity contribution in [1.29, 1.82) is 0 Å². The zero-order chi connectivity index (χ0) is 18.3. The van der Waals surface area contributed by atoms with Crippen LogP contribution >= 0.6 is 0 Å². The molecule has 1 aliphatic heterocycles. The first-order valence-corrected chi connectivity index (χ1v) is 9.35. The van der Waals surface area contributed by atoms with Crippen molar-refractivity contribution in [2.45, 2.75) is 0 Å². The average molecular weight is 350 g/mol. The van der Waals surface area contributed by atoms with Gasteiger partial charge in [-0.2, -0.15) is 0 Å². The molecule has 2 heteroatoms. The van der Waals surface area contributed by atoms with Gasteiger partial charge in [0.1, 0.15) is 11.3 Å². The lowest BCUT2D eigenvalue weighted by atomic mass is 10.0. The molecule has 0 bridgehead atoms. The van der Waals surface area contributed by atoms with E-state index in [0.717, 1.165) is 11.2 Å². The van der Waals surface area contributed by atoms with Gasteiger partial charge < -0.3 is 0 Å². The molecule has 4 aromatic carbocycles. The Morgan fingerprint density at radius 1 is 0.704 bits per heavy atom. The predicted molar refractivity (Wildman–Crippen MR) is 114 cm³/mol. The number of hydrogen-bond donors (Lipinski definition) is 0. The zero-order valence-corrected chi connectivity index (χ0v) is 15.4. The fourth-order valence-corrected chi connectivity index (χ4v) is 4.12. The Morgan fingerprint density at radius 3 is 2.00 bits per heavy atom. The van der Waals surface area contributed by atoms with Gasteiger partial charge in [0.25, 0.3) is 6.67 Å². The molecule has 1 aliphatic rings. The van der Waals surface area contributed by atoms with Gasteiger partial charge in [-0.15, -0.1) is 4.58 Å². The van der Waals surface area contributed by atoms with E-state index in [9.17, 15) is 0 Å². The molecule has 4 aromatic rings. The molecule has 27 heavy (non-hydrogen) atoms.